The Morgan fingerprint density at radius 1 is 1.12 bits per heavy atom. The fourth-order valence-corrected chi connectivity index (χ4v) is 4.88. The maximum absolute atomic E-state index is 4.74. The van der Waals surface area contributed by atoms with Gasteiger partial charge in [0, 0.05) is 50.0 Å². The third-order valence-electron chi connectivity index (χ3n) is 5.30. The van der Waals surface area contributed by atoms with Crippen LogP contribution < -0.4 is 4.90 Å². The third kappa shape index (κ3) is 3.14. The summed E-state index contributed by atoms with van der Waals surface area (Å²) in [5.41, 5.74) is 2.12. The molecule has 0 amide bonds. The van der Waals surface area contributed by atoms with E-state index in [1.165, 1.54) is 30.2 Å². The second kappa shape index (κ2) is 6.92. The molecule has 2 saturated heterocycles. The van der Waals surface area contributed by atoms with Gasteiger partial charge in [0.1, 0.15) is 5.82 Å². The predicted molar refractivity (Wildman–Crippen MR) is 101 cm³/mol. The molecule has 0 atom stereocenters. The summed E-state index contributed by atoms with van der Waals surface area (Å²) in [5, 5.41) is 4.50. The number of hydrogen-bond donors (Lipinski definition) is 0. The van der Waals surface area contributed by atoms with Crippen molar-refractivity contribution in [1.29, 1.82) is 0 Å². The Labute approximate surface area is 148 Å². The van der Waals surface area contributed by atoms with E-state index < -0.39 is 0 Å². The van der Waals surface area contributed by atoms with Crippen LogP contribution in [0.4, 0.5) is 5.82 Å². The lowest BCUT2D eigenvalue weighted by molar-refractivity contribution is 0.175. The molecular formula is C18H27N5S. The maximum Gasteiger partial charge on any atom is 0.157 e. The lowest BCUT2D eigenvalue weighted by Gasteiger charge is -2.41. The first-order valence-electron chi connectivity index (χ1n) is 9.14. The van der Waals surface area contributed by atoms with Crippen LogP contribution in [0.15, 0.2) is 18.3 Å². The Hall–Kier alpha value is -1.27. The van der Waals surface area contributed by atoms with Crippen molar-refractivity contribution >= 4 is 23.2 Å². The van der Waals surface area contributed by atoms with E-state index in [0.717, 1.165) is 43.6 Å². The second-order valence-electron chi connectivity index (χ2n) is 7.16. The van der Waals surface area contributed by atoms with Crippen molar-refractivity contribution in [3.63, 3.8) is 0 Å². The number of aromatic nitrogens is 3. The summed E-state index contributed by atoms with van der Waals surface area (Å²) < 4.78 is 2.00. The van der Waals surface area contributed by atoms with Crippen molar-refractivity contribution in [3.8, 4) is 0 Å². The van der Waals surface area contributed by atoms with E-state index in [2.05, 4.69) is 46.6 Å². The SMILES string of the molecule is CC(C)c1cc(N2CCN(C3CCSCC3)CC2)n2nccc2n1. The average Bonchev–Trinajstić information content (AvgIpc) is 3.10. The van der Waals surface area contributed by atoms with Gasteiger partial charge in [-0.15, -0.1) is 0 Å². The molecule has 0 aliphatic carbocycles. The maximum atomic E-state index is 4.74. The molecule has 24 heavy (non-hydrogen) atoms. The number of rotatable bonds is 3. The third-order valence-corrected chi connectivity index (χ3v) is 6.35. The van der Waals surface area contributed by atoms with Gasteiger partial charge in [0.25, 0.3) is 0 Å². The predicted octanol–water partition coefficient (Wildman–Crippen LogP) is 2.87. The zero-order chi connectivity index (χ0) is 16.5. The summed E-state index contributed by atoms with van der Waals surface area (Å²) in [4.78, 5) is 9.94. The van der Waals surface area contributed by atoms with Crippen LogP contribution in [0, 0.1) is 0 Å². The van der Waals surface area contributed by atoms with Crippen molar-refractivity contribution < 1.29 is 0 Å². The Bertz CT molecular complexity index is 684. The van der Waals surface area contributed by atoms with Crippen LogP contribution in [0.5, 0.6) is 0 Å². The molecule has 2 aromatic rings. The minimum Gasteiger partial charge on any atom is -0.354 e. The van der Waals surface area contributed by atoms with Crippen LogP contribution in [0.1, 0.15) is 38.3 Å². The first-order chi connectivity index (χ1) is 11.7. The summed E-state index contributed by atoms with van der Waals surface area (Å²) in [6.07, 6.45) is 4.58. The van der Waals surface area contributed by atoms with Crippen molar-refractivity contribution in [2.24, 2.45) is 0 Å². The molecule has 0 bridgehead atoms. The highest BCUT2D eigenvalue weighted by molar-refractivity contribution is 7.99. The number of anilines is 1. The van der Waals surface area contributed by atoms with Crippen LogP contribution >= 0.6 is 11.8 Å². The number of fused-ring (bicyclic) bond motifs is 1. The minimum absolute atomic E-state index is 0.435. The van der Waals surface area contributed by atoms with Crippen molar-refractivity contribution in [3.05, 3.63) is 24.0 Å². The summed E-state index contributed by atoms with van der Waals surface area (Å²) in [5.74, 6) is 4.30. The molecule has 2 aliphatic rings. The Kier molecular flexibility index (Phi) is 4.68. The zero-order valence-electron chi connectivity index (χ0n) is 14.7. The minimum atomic E-state index is 0.435. The summed E-state index contributed by atoms with van der Waals surface area (Å²) in [7, 11) is 0. The molecule has 0 radical (unpaired) electrons. The van der Waals surface area contributed by atoms with Gasteiger partial charge < -0.3 is 4.90 Å². The van der Waals surface area contributed by atoms with Gasteiger partial charge in [-0.05, 0) is 30.3 Å². The molecule has 2 fully saturated rings. The smallest absolute Gasteiger partial charge is 0.157 e. The van der Waals surface area contributed by atoms with Gasteiger partial charge in [-0.2, -0.15) is 21.4 Å². The molecule has 0 unspecified atom stereocenters. The van der Waals surface area contributed by atoms with Gasteiger partial charge in [0.05, 0.1) is 6.20 Å². The standard InChI is InChI=1S/C18H27N5S/c1-14(2)16-13-18(23-17(20-16)3-6-19-23)22-9-7-21(8-10-22)15-4-11-24-12-5-15/h3,6,13-15H,4-5,7-12H2,1-2H3. The average molecular weight is 346 g/mol. The van der Waals surface area contributed by atoms with Crippen LogP contribution in [0.2, 0.25) is 0 Å². The molecule has 5 nitrogen and oxygen atoms in total. The fourth-order valence-electron chi connectivity index (χ4n) is 3.80. The van der Waals surface area contributed by atoms with E-state index in [1.807, 2.05) is 16.8 Å². The highest BCUT2D eigenvalue weighted by Crippen LogP contribution is 2.26. The van der Waals surface area contributed by atoms with E-state index in [9.17, 15) is 0 Å². The van der Waals surface area contributed by atoms with Gasteiger partial charge in [-0.1, -0.05) is 13.8 Å². The van der Waals surface area contributed by atoms with Crippen molar-refractivity contribution in [1.82, 2.24) is 19.5 Å². The van der Waals surface area contributed by atoms with Gasteiger partial charge in [0.2, 0.25) is 0 Å². The highest BCUT2D eigenvalue weighted by atomic mass is 32.2. The van der Waals surface area contributed by atoms with Crippen molar-refractivity contribution in [2.45, 2.75) is 38.6 Å². The molecule has 2 aromatic heterocycles. The number of thioether (sulfide) groups is 1. The number of piperazine rings is 1. The normalized spacial score (nSPS) is 21.0. The van der Waals surface area contributed by atoms with E-state index >= 15 is 0 Å². The largest absolute Gasteiger partial charge is 0.354 e. The lowest BCUT2D eigenvalue weighted by atomic mass is 10.1. The van der Waals surface area contributed by atoms with Gasteiger partial charge in [-0.3, -0.25) is 4.90 Å². The van der Waals surface area contributed by atoms with Crippen LogP contribution in [-0.2, 0) is 0 Å². The van der Waals surface area contributed by atoms with Crippen LogP contribution in [0.3, 0.4) is 0 Å². The van der Waals surface area contributed by atoms with Gasteiger partial charge in [-0.25, -0.2) is 4.98 Å². The lowest BCUT2D eigenvalue weighted by Crippen LogP contribution is -2.51. The zero-order valence-corrected chi connectivity index (χ0v) is 15.5. The Morgan fingerprint density at radius 3 is 2.58 bits per heavy atom. The molecule has 4 rings (SSSR count). The monoisotopic (exact) mass is 345 g/mol. The summed E-state index contributed by atoms with van der Waals surface area (Å²) in [6, 6.07) is 5.05. The first-order valence-corrected chi connectivity index (χ1v) is 10.3. The Morgan fingerprint density at radius 2 is 1.88 bits per heavy atom. The summed E-state index contributed by atoms with van der Waals surface area (Å²) >= 11 is 2.11. The molecule has 0 saturated carbocycles. The van der Waals surface area contributed by atoms with Crippen molar-refractivity contribution in [2.75, 3.05) is 42.6 Å². The van der Waals surface area contributed by atoms with E-state index in [4.69, 9.17) is 4.98 Å². The van der Waals surface area contributed by atoms with E-state index in [1.54, 1.807) is 0 Å². The number of nitrogens with zero attached hydrogens (tertiary/aromatic N) is 5. The van der Waals surface area contributed by atoms with Crippen LogP contribution in [-0.4, -0.2) is 63.2 Å². The topological polar surface area (TPSA) is 36.7 Å². The highest BCUT2D eigenvalue weighted by Gasteiger charge is 2.26. The molecule has 130 valence electrons. The molecule has 0 spiro atoms. The second-order valence-corrected chi connectivity index (χ2v) is 8.39. The molecule has 2 aliphatic heterocycles. The van der Waals surface area contributed by atoms with Gasteiger partial charge in [0.15, 0.2) is 5.65 Å². The molecule has 0 aromatic carbocycles. The number of hydrogen-bond acceptors (Lipinski definition) is 5. The molecule has 0 N–H and O–H groups in total. The summed E-state index contributed by atoms with van der Waals surface area (Å²) in [6.45, 7) is 8.91. The quantitative estimate of drug-likeness (QED) is 0.855. The Balaban J connectivity index is 1.52. The first kappa shape index (κ1) is 16.2. The van der Waals surface area contributed by atoms with E-state index in [-0.39, 0.29) is 0 Å². The molecule has 6 heteroatoms. The molecular weight excluding hydrogens is 318 g/mol. The van der Waals surface area contributed by atoms with Crippen LogP contribution in [0.25, 0.3) is 5.65 Å². The van der Waals surface area contributed by atoms with E-state index in [0.29, 0.717) is 5.92 Å². The molecule has 4 heterocycles. The van der Waals surface area contributed by atoms with Gasteiger partial charge >= 0.3 is 0 Å². The fraction of sp³-hybridized carbons (Fsp3) is 0.667.